The van der Waals surface area contributed by atoms with Crippen molar-refractivity contribution in [3.8, 4) is 0 Å². The topological polar surface area (TPSA) is 133 Å². The van der Waals surface area contributed by atoms with Gasteiger partial charge in [-0.3, -0.25) is 9.59 Å². The Morgan fingerprint density at radius 1 is 0.818 bits per heavy atom. The van der Waals surface area contributed by atoms with Crippen LogP contribution in [-0.4, -0.2) is 39.7 Å². The molecule has 10 heteroatoms. The lowest BCUT2D eigenvalue weighted by molar-refractivity contribution is -0.113. The van der Waals surface area contributed by atoms with Crippen molar-refractivity contribution in [2.75, 3.05) is 16.4 Å². The molecule has 0 aliphatic carbocycles. The Balaban J connectivity index is 1.61. The molecule has 0 radical (unpaired) electrons. The molecule has 168 valence electrons. The van der Waals surface area contributed by atoms with Crippen LogP contribution in [0.2, 0.25) is 5.02 Å². The van der Waals surface area contributed by atoms with E-state index in [2.05, 4.69) is 10.6 Å². The van der Waals surface area contributed by atoms with Crippen molar-refractivity contribution in [3.05, 3.63) is 88.4 Å². The standard InChI is InChI=1S/C23H17ClN2O6S/c24-18-3-1-2-4-19(18)26-20(27)12-33-15-8-6-14(7-9-15)25-21(28)16-10-5-13(22(29)30)11-17(16)23(31)32/h1-11H,12H2,(H,25,28)(H,26,27)(H,29,30)(H,31,32). The van der Waals surface area contributed by atoms with Gasteiger partial charge in [-0.1, -0.05) is 23.7 Å². The van der Waals surface area contributed by atoms with E-state index in [0.29, 0.717) is 16.4 Å². The van der Waals surface area contributed by atoms with Crippen molar-refractivity contribution in [1.82, 2.24) is 0 Å². The van der Waals surface area contributed by atoms with Gasteiger partial charge in [0.1, 0.15) is 0 Å². The third kappa shape index (κ3) is 6.34. The second-order valence-electron chi connectivity index (χ2n) is 6.67. The van der Waals surface area contributed by atoms with Crippen LogP contribution in [-0.2, 0) is 4.79 Å². The molecule has 0 aliphatic heterocycles. The summed E-state index contributed by atoms with van der Waals surface area (Å²) in [6, 6.07) is 16.8. The highest BCUT2D eigenvalue weighted by Crippen LogP contribution is 2.24. The van der Waals surface area contributed by atoms with Gasteiger partial charge >= 0.3 is 11.9 Å². The Morgan fingerprint density at radius 2 is 1.52 bits per heavy atom. The summed E-state index contributed by atoms with van der Waals surface area (Å²) in [5, 5.41) is 24.1. The van der Waals surface area contributed by atoms with E-state index in [-0.39, 0.29) is 22.8 Å². The van der Waals surface area contributed by atoms with Gasteiger partial charge in [-0.25, -0.2) is 9.59 Å². The number of aromatic carboxylic acids is 2. The van der Waals surface area contributed by atoms with Gasteiger partial charge in [0.25, 0.3) is 5.91 Å². The first-order valence-electron chi connectivity index (χ1n) is 9.44. The average molecular weight is 485 g/mol. The molecule has 0 spiro atoms. The highest BCUT2D eigenvalue weighted by Gasteiger charge is 2.19. The molecule has 2 amide bonds. The quantitative estimate of drug-likeness (QED) is 0.340. The lowest BCUT2D eigenvalue weighted by Crippen LogP contribution is -2.17. The maximum Gasteiger partial charge on any atom is 0.336 e. The zero-order valence-electron chi connectivity index (χ0n) is 16.9. The van der Waals surface area contributed by atoms with Crippen LogP contribution in [0, 0.1) is 0 Å². The summed E-state index contributed by atoms with van der Waals surface area (Å²) < 4.78 is 0. The van der Waals surface area contributed by atoms with Crippen LogP contribution in [0.1, 0.15) is 31.1 Å². The molecule has 0 bridgehead atoms. The fourth-order valence-corrected chi connectivity index (χ4v) is 3.66. The van der Waals surface area contributed by atoms with Crippen LogP contribution in [0.5, 0.6) is 0 Å². The molecular formula is C23H17ClN2O6S. The van der Waals surface area contributed by atoms with E-state index in [1.165, 1.54) is 11.8 Å². The lowest BCUT2D eigenvalue weighted by atomic mass is 10.0. The van der Waals surface area contributed by atoms with Gasteiger partial charge in [0, 0.05) is 10.6 Å². The van der Waals surface area contributed by atoms with Gasteiger partial charge in [-0.2, -0.15) is 0 Å². The van der Waals surface area contributed by atoms with Crippen molar-refractivity contribution in [2.24, 2.45) is 0 Å². The Kier molecular flexibility index (Phi) is 7.70. The molecule has 4 N–H and O–H groups in total. The van der Waals surface area contributed by atoms with Crippen LogP contribution in [0.15, 0.2) is 71.6 Å². The zero-order chi connectivity index (χ0) is 24.0. The normalized spacial score (nSPS) is 10.3. The summed E-state index contributed by atoms with van der Waals surface area (Å²) in [6.45, 7) is 0. The molecule has 0 atom stereocenters. The van der Waals surface area contributed by atoms with Crippen molar-refractivity contribution in [3.63, 3.8) is 0 Å². The van der Waals surface area contributed by atoms with Gasteiger partial charge in [0.2, 0.25) is 5.91 Å². The predicted octanol–water partition coefficient (Wildman–Crippen LogP) is 4.72. The summed E-state index contributed by atoms with van der Waals surface area (Å²) in [5.74, 6) is -3.47. The van der Waals surface area contributed by atoms with Crippen LogP contribution < -0.4 is 10.6 Å². The van der Waals surface area contributed by atoms with Crippen molar-refractivity contribution >= 4 is 58.5 Å². The molecule has 8 nitrogen and oxygen atoms in total. The maximum absolute atomic E-state index is 12.5. The van der Waals surface area contributed by atoms with E-state index in [0.717, 1.165) is 23.1 Å². The average Bonchev–Trinajstić information content (AvgIpc) is 2.79. The first-order chi connectivity index (χ1) is 15.7. The number of benzene rings is 3. The molecule has 0 fully saturated rings. The number of carbonyl (C=O) groups is 4. The number of thioether (sulfide) groups is 1. The SMILES string of the molecule is O=C(CSc1ccc(NC(=O)c2ccc(C(=O)O)cc2C(=O)O)cc1)Nc1ccccc1Cl. The summed E-state index contributed by atoms with van der Waals surface area (Å²) >= 11 is 7.31. The third-order valence-electron chi connectivity index (χ3n) is 4.37. The number of anilines is 2. The number of carbonyl (C=O) groups excluding carboxylic acids is 2. The van der Waals surface area contributed by atoms with Crippen LogP contribution >= 0.6 is 23.4 Å². The van der Waals surface area contributed by atoms with Gasteiger partial charge < -0.3 is 20.8 Å². The second-order valence-corrected chi connectivity index (χ2v) is 8.12. The number of hydrogen-bond donors (Lipinski definition) is 4. The number of amides is 2. The summed E-state index contributed by atoms with van der Waals surface area (Å²) in [7, 11) is 0. The second kappa shape index (κ2) is 10.7. The minimum absolute atomic E-state index is 0.148. The molecule has 3 aromatic carbocycles. The Hall–Kier alpha value is -3.82. The van der Waals surface area contributed by atoms with Crippen LogP contribution in [0.3, 0.4) is 0 Å². The van der Waals surface area contributed by atoms with Gasteiger partial charge in [-0.15, -0.1) is 11.8 Å². The summed E-state index contributed by atoms with van der Waals surface area (Å²) in [5.41, 5.74) is 0.124. The van der Waals surface area contributed by atoms with E-state index in [9.17, 15) is 24.3 Å². The van der Waals surface area contributed by atoms with Crippen molar-refractivity contribution in [2.45, 2.75) is 4.90 Å². The largest absolute Gasteiger partial charge is 0.478 e. The number of halogens is 1. The first kappa shape index (κ1) is 23.8. The predicted molar refractivity (Wildman–Crippen MR) is 126 cm³/mol. The van der Waals surface area contributed by atoms with Crippen molar-refractivity contribution in [1.29, 1.82) is 0 Å². The molecule has 33 heavy (non-hydrogen) atoms. The number of para-hydroxylation sites is 1. The molecule has 0 saturated carbocycles. The van der Waals surface area contributed by atoms with E-state index in [1.807, 2.05) is 0 Å². The number of hydrogen-bond acceptors (Lipinski definition) is 5. The first-order valence-corrected chi connectivity index (χ1v) is 10.8. The van der Waals surface area contributed by atoms with Crippen LogP contribution in [0.4, 0.5) is 11.4 Å². The molecule has 0 unspecified atom stereocenters. The monoisotopic (exact) mass is 484 g/mol. The molecule has 0 heterocycles. The minimum Gasteiger partial charge on any atom is -0.478 e. The van der Waals surface area contributed by atoms with Crippen molar-refractivity contribution < 1.29 is 29.4 Å². The third-order valence-corrected chi connectivity index (χ3v) is 5.71. The Morgan fingerprint density at radius 3 is 2.15 bits per heavy atom. The molecule has 3 rings (SSSR count). The highest BCUT2D eigenvalue weighted by atomic mass is 35.5. The molecule has 0 aromatic heterocycles. The maximum atomic E-state index is 12.5. The smallest absolute Gasteiger partial charge is 0.336 e. The van der Waals surface area contributed by atoms with Gasteiger partial charge in [-0.05, 0) is 54.6 Å². The molecule has 3 aromatic rings. The van der Waals surface area contributed by atoms with Gasteiger partial charge in [0.15, 0.2) is 0 Å². The van der Waals surface area contributed by atoms with E-state index in [1.54, 1.807) is 48.5 Å². The van der Waals surface area contributed by atoms with E-state index >= 15 is 0 Å². The number of carboxylic acid groups (broad SMARTS) is 2. The zero-order valence-corrected chi connectivity index (χ0v) is 18.4. The summed E-state index contributed by atoms with van der Waals surface area (Å²) in [4.78, 5) is 47.9. The number of carboxylic acids is 2. The Bertz CT molecular complexity index is 1230. The molecule has 0 saturated heterocycles. The molecule has 0 aliphatic rings. The fourth-order valence-electron chi connectivity index (χ4n) is 2.78. The Labute approximate surface area is 197 Å². The van der Waals surface area contributed by atoms with Crippen LogP contribution in [0.25, 0.3) is 0 Å². The molecular weight excluding hydrogens is 468 g/mol. The number of rotatable bonds is 8. The van der Waals surface area contributed by atoms with E-state index < -0.39 is 23.4 Å². The fraction of sp³-hybridized carbons (Fsp3) is 0.0435. The van der Waals surface area contributed by atoms with E-state index in [4.69, 9.17) is 16.7 Å². The number of nitrogens with one attached hydrogen (secondary N) is 2. The summed E-state index contributed by atoms with van der Waals surface area (Å²) in [6.07, 6.45) is 0. The van der Waals surface area contributed by atoms with Gasteiger partial charge in [0.05, 0.1) is 33.2 Å². The minimum atomic E-state index is -1.41. The lowest BCUT2D eigenvalue weighted by Gasteiger charge is -2.10. The highest BCUT2D eigenvalue weighted by molar-refractivity contribution is 8.00.